The molecule has 3 rings (SSSR count). The topological polar surface area (TPSA) is 90.5 Å². The normalized spacial score (nSPS) is 18.9. The molecule has 0 saturated carbocycles. The fourth-order valence-electron chi connectivity index (χ4n) is 3.67. The number of nitrogens with one attached hydrogen (secondary N) is 3. The molecule has 0 spiro atoms. The van der Waals surface area contributed by atoms with E-state index in [-0.39, 0.29) is 34.9 Å². The molecule has 0 aromatic heterocycles. The number of nitrogens with zero attached hydrogens (tertiary/aromatic N) is 1. The number of alkyl halides is 3. The lowest BCUT2D eigenvalue weighted by Crippen LogP contribution is -2.33. The Morgan fingerprint density at radius 1 is 1.15 bits per heavy atom. The van der Waals surface area contributed by atoms with Gasteiger partial charge >= 0.3 is 6.18 Å². The van der Waals surface area contributed by atoms with Crippen LogP contribution in [0.2, 0.25) is 0 Å². The van der Waals surface area contributed by atoms with E-state index >= 15 is 0 Å². The Hall–Kier alpha value is -2.54. The summed E-state index contributed by atoms with van der Waals surface area (Å²) in [7, 11) is -2.39. The van der Waals surface area contributed by atoms with Crippen LogP contribution in [0.15, 0.2) is 53.4 Å². The molecule has 1 aliphatic rings. The lowest BCUT2D eigenvalue weighted by molar-refractivity contribution is -0.123. The minimum absolute atomic E-state index is 0.0333. The van der Waals surface area contributed by atoms with Gasteiger partial charge < -0.3 is 5.32 Å². The summed E-state index contributed by atoms with van der Waals surface area (Å²) in [6, 6.07) is 11.2. The standard InChI is InChI=1S/C22H26F4N4O3S/c1-30(11-3-6-18-13-20(29-28-18)16-4-2-5-17(23)12-16)34(32,33)19-9-7-15(8-10-19)21(31)27-14-22(24,25)26/h2,4-5,7-10,12,18,20,28-29H,3,6,11,13-14H2,1H3,(H,27,31). The highest BCUT2D eigenvalue weighted by molar-refractivity contribution is 7.89. The number of carbonyl (C=O) groups excluding carboxylic acids is 1. The van der Waals surface area contributed by atoms with Crippen molar-refractivity contribution < 1.29 is 30.8 Å². The molecule has 2 unspecified atom stereocenters. The van der Waals surface area contributed by atoms with Gasteiger partial charge in [0, 0.05) is 31.2 Å². The predicted octanol–water partition coefficient (Wildman–Crippen LogP) is 3.13. The van der Waals surface area contributed by atoms with Crippen molar-refractivity contribution in [1.29, 1.82) is 0 Å². The fraction of sp³-hybridized carbons (Fsp3) is 0.409. The monoisotopic (exact) mass is 502 g/mol. The summed E-state index contributed by atoms with van der Waals surface area (Å²) in [6.07, 6.45) is -2.54. The highest BCUT2D eigenvalue weighted by Gasteiger charge is 2.28. The van der Waals surface area contributed by atoms with Gasteiger partial charge in [0.1, 0.15) is 12.4 Å². The third-order valence-corrected chi connectivity index (χ3v) is 7.40. The number of hydrogen-bond donors (Lipinski definition) is 3. The summed E-state index contributed by atoms with van der Waals surface area (Å²) in [6.45, 7) is -1.22. The molecule has 1 saturated heterocycles. The summed E-state index contributed by atoms with van der Waals surface area (Å²) in [4.78, 5) is 11.7. The minimum atomic E-state index is -4.54. The number of carbonyl (C=O) groups is 1. The van der Waals surface area contributed by atoms with E-state index in [0.717, 1.165) is 12.0 Å². The zero-order valence-electron chi connectivity index (χ0n) is 18.4. The number of hydrazine groups is 1. The zero-order chi connectivity index (χ0) is 24.9. The van der Waals surface area contributed by atoms with Crippen LogP contribution in [0.5, 0.6) is 0 Å². The predicted molar refractivity (Wildman–Crippen MR) is 118 cm³/mol. The van der Waals surface area contributed by atoms with Crippen LogP contribution < -0.4 is 16.2 Å². The van der Waals surface area contributed by atoms with Crippen LogP contribution in [0.1, 0.15) is 41.2 Å². The van der Waals surface area contributed by atoms with Gasteiger partial charge in [-0.25, -0.2) is 17.1 Å². The third kappa shape index (κ3) is 6.98. The van der Waals surface area contributed by atoms with Gasteiger partial charge in [-0.3, -0.25) is 15.6 Å². The number of sulfonamides is 1. The first-order valence-electron chi connectivity index (χ1n) is 10.6. The van der Waals surface area contributed by atoms with Crippen molar-refractivity contribution >= 4 is 15.9 Å². The second kappa shape index (κ2) is 10.8. The first-order chi connectivity index (χ1) is 16.0. The lowest BCUT2D eigenvalue weighted by atomic mass is 10.00. The van der Waals surface area contributed by atoms with Crippen LogP contribution in [0.25, 0.3) is 0 Å². The van der Waals surface area contributed by atoms with Gasteiger partial charge in [0.25, 0.3) is 5.91 Å². The molecule has 2 aromatic rings. The van der Waals surface area contributed by atoms with E-state index < -0.39 is 28.7 Å². The van der Waals surface area contributed by atoms with E-state index in [9.17, 15) is 30.8 Å². The number of halogens is 4. The van der Waals surface area contributed by atoms with Gasteiger partial charge in [0.2, 0.25) is 10.0 Å². The molecular formula is C22H26F4N4O3S. The average molecular weight is 503 g/mol. The molecule has 0 radical (unpaired) electrons. The molecule has 7 nitrogen and oxygen atoms in total. The summed E-state index contributed by atoms with van der Waals surface area (Å²) in [5.74, 6) is -1.24. The maximum absolute atomic E-state index is 13.4. The molecule has 186 valence electrons. The summed E-state index contributed by atoms with van der Waals surface area (Å²) < 4.78 is 76.9. The van der Waals surface area contributed by atoms with Crippen LogP contribution in [0.4, 0.5) is 17.6 Å². The molecular weight excluding hydrogens is 476 g/mol. The Bertz CT molecular complexity index is 1090. The summed E-state index contributed by atoms with van der Waals surface area (Å²) in [5, 5.41) is 1.74. The fourth-order valence-corrected chi connectivity index (χ4v) is 4.88. The average Bonchev–Trinajstić information content (AvgIpc) is 3.26. The van der Waals surface area contributed by atoms with Crippen molar-refractivity contribution in [2.45, 2.75) is 42.4 Å². The van der Waals surface area contributed by atoms with Crippen LogP contribution in [0, 0.1) is 5.82 Å². The van der Waals surface area contributed by atoms with E-state index in [1.807, 2.05) is 6.07 Å². The second-order valence-electron chi connectivity index (χ2n) is 8.12. The molecule has 0 bridgehead atoms. The molecule has 3 N–H and O–H groups in total. The number of hydrogen-bond acceptors (Lipinski definition) is 5. The largest absolute Gasteiger partial charge is 0.405 e. The van der Waals surface area contributed by atoms with Crippen molar-refractivity contribution in [2.75, 3.05) is 20.1 Å². The van der Waals surface area contributed by atoms with Crippen molar-refractivity contribution in [2.24, 2.45) is 0 Å². The Kier molecular flexibility index (Phi) is 8.29. The van der Waals surface area contributed by atoms with Crippen LogP contribution >= 0.6 is 0 Å². The number of rotatable bonds is 9. The SMILES string of the molecule is CN(CCCC1CC(c2cccc(F)c2)NN1)S(=O)(=O)c1ccc(C(=O)NCC(F)(F)F)cc1. The van der Waals surface area contributed by atoms with Gasteiger partial charge in [0.05, 0.1) is 4.90 Å². The molecule has 2 atom stereocenters. The molecule has 2 aromatic carbocycles. The van der Waals surface area contributed by atoms with Gasteiger partial charge in [-0.15, -0.1) is 0 Å². The van der Waals surface area contributed by atoms with Crippen LogP contribution in [-0.2, 0) is 10.0 Å². The van der Waals surface area contributed by atoms with Crippen molar-refractivity contribution in [3.05, 3.63) is 65.5 Å². The minimum Gasteiger partial charge on any atom is -0.343 e. The Morgan fingerprint density at radius 2 is 1.85 bits per heavy atom. The Balaban J connectivity index is 1.49. The summed E-state index contributed by atoms with van der Waals surface area (Å²) in [5.41, 5.74) is 7.06. The Labute approximate surface area is 195 Å². The lowest BCUT2D eigenvalue weighted by Gasteiger charge is -2.18. The van der Waals surface area contributed by atoms with Crippen molar-refractivity contribution in [3.63, 3.8) is 0 Å². The first-order valence-corrected chi connectivity index (χ1v) is 12.1. The number of benzene rings is 2. The quantitative estimate of drug-likeness (QED) is 0.459. The maximum atomic E-state index is 13.4. The van der Waals surface area contributed by atoms with Gasteiger partial charge in [-0.05, 0) is 61.2 Å². The molecule has 12 heteroatoms. The highest BCUT2D eigenvalue weighted by Crippen LogP contribution is 2.25. The van der Waals surface area contributed by atoms with Gasteiger partial charge in [0.15, 0.2) is 0 Å². The molecule has 34 heavy (non-hydrogen) atoms. The van der Waals surface area contributed by atoms with E-state index in [2.05, 4.69) is 10.9 Å². The maximum Gasteiger partial charge on any atom is 0.405 e. The molecule has 1 fully saturated rings. The first kappa shape index (κ1) is 26.1. The highest BCUT2D eigenvalue weighted by atomic mass is 32.2. The molecule has 1 amide bonds. The smallest absolute Gasteiger partial charge is 0.343 e. The third-order valence-electron chi connectivity index (χ3n) is 5.53. The van der Waals surface area contributed by atoms with E-state index in [1.54, 1.807) is 11.4 Å². The summed E-state index contributed by atoms with van der Waals surface area (Å²) >= 11 is 0. The van der Waals surface area contributed by atoms with Gasteiger partial charge in [-0.2, -0.15) is 13.2 Å². The van der Waals surface area contributed by atoms with Crippen molar-refractivity contribution in [1.82, 2.24) is 20.5 Å². The van der Waals surface area contributed by atoms with Gasteiger partial charge in [-0.1, -0.05) is 12.1 Å². The zero-order valence-corrected chi connectivity index (χ0v) is 19.2. The van der Waals surface area contributed by atoms with E-state index in [4.69, 9.17) is 0 Å². The number of amides is 1. The molecule has 0 aliphatic carbocycles. The molecule has 1 heterocycles. The van der Waals surface area contributed by atoms with E-state index in [0.29, 0.717) is 12.8 Å². The van der Waals surface area contributed by atoms with Crippen LogP contribution in [0.3, 0.4) is 0 Å². The second-order valence-corrected chi connectivity index (χ2v) is 10.2. The Morgan fingerprint density at radius 3 is 2.50 bits per heavy atom. The van der Waals surface area contributed by atoms with Crippen molar-refractivity contribution in [3.8, 4) is 0 Å². The molecule has 1 aliphatic heterocycles. The van der Waals surface area contributed by atoms with E-state index in [1.165, 1.54) is 47.8 Å². The van der Waals surface area contributed by atoms with Crippen LogP contribution in [-0.4, -0.2) is 51.0 Å².